The lowest BCUT2D eigenvalue weighted by Crippen LogP contribution is -2.54. The van der Waals surface area contributed by atoms with Gasteiger partial charge in [-0.2, -0.15) is 43.9 Å². The summed E-state index contributed by atoms with van der Waals surface area (Å²) in [6.07, 6.45) is -19.6. The van der Waals surface area contributed by atoms with Gasteiger partial charge in [0.1, 0.15) is 5.92 Å². The zero-order valence-electron chi connectivity index (χ0n) is 11.0. The van der Waals surface area contributed by atoms with E-state index in [0.29, 0.717) is 0 Å². The van der Waals surface area contributed by atoms with Gasteiger partial charge in [-0.25, -0.2) is 0 Å². The number of rotatable bonds is 5. The van der Waals surface area contributed by atoms with E-state index >= 15 is 0 Å². The van der Waals surface area contributed by atoms with Crippen LogP contribution in [0, 0.1) is 11.8 Å². The van der Waals surface area contributed by atoms with E-state index in [2.05, 4.69) is 4.74 Å². The second kappa shape index (κ2) is 6.11. The molecule has 2 unspecified atom stereocenters. The Labute approximate surface area is 117 Å². The van der Waals surface area contributed by atoms with Crippen molar-refractivity contribution in [1.29, 1.82) is 0 Å². The summed E-state index contributed by atoms with van der Waals surface area (Å²) in [7, 11) is 0. The fraction of sp³-hybridized carbons (Fsp3) is 0.900. The molecule has 2 atom stereocenters. The monoisotopic (exact) mass is 352 g/mol. The maximum Gasteiger partial charge on any atom is 0.466 e. The van der Waals surface area contributed by atoms with Crippen LogP contribution >= 0.6 is 0 Å². The molecule has 0 fully saturated rings. The first-order valence-electron chi connectivity index (χ1n) is 5.51. The van der Waals surface area contributed by atoms with Gasteiger partial charge in [0.05, 0.1) is 5.92 Å². The molecule has 0 aromatic rings. The van der Waals surface area contributed by atoms with Crippen LogP contribution in [0.4, 0.5) is 43.9 Å². The van der Waals surface area contributed by atoms with E-state index in [1.54, 1.807) is 0 Å². The number of carbonyl (C=O) groups is 1. The third-order valence-electron chi connectivity index (χ3n) is 2.64. The molecule has 0 aliphatic carbocycles. The summed E-state index contributed by atoms with van der Waals surface area (Å²) >= 11 is 0. The predicted octanol–water partition coefficient (Wildman–Crippen LogP) is 4.54. The second-order valence-corrected chi connectivity index (χ2v) is 4.51. The Balaban J connectivity index is 5.65. The van der Waals surface area contributed by atoms with Crippen LogP contribution in [0.3, 0.4) is 0 Å². The van der Waals surface area contributed by atoms with Crippen molar-refractivity contribution < 1.29 is 53.4 Å². The Kier molecular flexibility index (Phi) is 5.77. The lowest BCUT2D eigenvalue weighted by Gasteiger charge is -2.34. The van der Waals surface area contributed by atoms with Gasteiger partial charge in [0.25, 0.3) is 0 Å². The molecule has 132 valence electrons. The molecule has 22 heavy (non-hydrogen) atoms. The maximum absolute atomic E-state index is 13.4. The molecule has 0 amide bonds. The quantitative estimate of drug-likeness (QED) is 0.536. The predicted molar refractivity (Wildman–Crippen MR) is 51.0 cm³/mol. The number of esters is 1. The van der Waals surface area contributed by atoms with E-state index in [1.165, 1.54) is 0 Å². The molecule has 2 nitrogen and oxygen atoms in total. The molecule has 0 radical (unpaired) electrons. The van der Waals surface area contributed by atoms with E-state index in [4.69, 9.17) is 0 Å². The molecule has 0 saturated carbocycles. The smallest absolute Gasteiger partial charge is 0.396 e. The molecule has 0 bridgehead atoms. The zero-order chi connectivity index (χ0) is 18.1. The van der Waals surface area contributed by atoms with E-state index in [0.717, 1.165) is 0 Å². The molecule has 0 aliphatic rings. The van der Waals surface area contributed by atoms with Crippen molar-refractivity contribution in [1.82, 2.24) is 0 Å². The number of hydrogen-bond donors (Lipinski definition) is 0. The molecule has 0 aromatic heterocycles. The first-order chi connectivity index (χ1) is 9.43. The highest BCUT2D eigenvalue weighted by Crippen LogP contribution is 2.51. The highest BCUT2D eigenvalue weighted by atomic mass is 19.4. The number of ether oxygens (including phenoxy) is 1. The largest absolute Gasteiger partial charge is 0.466 e. The molecule has 0 aromatic carbocycles. The average Bonchev–Trinajstić information content (AvgIpc) is 2.19. The topological polar surface area (TPSA) is 26.3 Å². The van der Waals surface area contributed by atoms with Crippen molar-refractivity contribution in [3.05, 3.63) is 0 Å². The fourth-order valence-corrected chi connectivity index (χ4v) is 1.43. The third-order valence-corrected chi connectivity index (χ3v) is 2.64. The van der Waals surface area contributed by atoms with Crippen LogP contribution in [-0.4, -0.2) is 30.4 Å². The van der Waals surface area contributed by atoms with Crippen molar-refractivity contribution in [2.24, 2.45) is 11.8 Å². The summed E-state index contributed by atoms with van der Waals surface area (Å²) < 4.78 is 130. The average molecular weight is 352 g/mol. The van der Waals surface area contributed by atoms with E-state index in [-0.39, 0.29) is 13.8 Å². The van der Waals surface area contributed by atoms with E-state index < -0.39 is 48.6 Å². The molecule has 0 rings (SSSR count). The summed E-state index contributed by atoms with van der Waals surface area (Å²) in [6, 6.07) is 0. The van der Waals surface area contributed by atoms with E-state index in [9.17, 15) is 48.7 Å². The van der Waals surface area contributed by atoms with Gasteiger partial charge in [0, 0.05) is 6.92 Å². The van der Waals surface area contributed by atoms with Crippen LogP contribution in [0.1, 0.15) is 20.3 Å². The number of alkyl halides is 10. The van der Waals surface area contributed by atoms with E-state index in [1.807, 2.05) is 0 Å². The standard InChI is InChI=1S/C10H10F10O2/c1-4(8(13,14)15)3-6(9(16,17)18)7(11,12)10(19,20)22-5(2)21/h4,6H,3H2,1-2H3. The Bertz CT molecular complexity index is 397. The SMILES string of the molecule is CC(=O)OC(F)(F)C(F)(F)C(CC(C)C(F)(F)F)C(F)(F)F. The van der Waals surface area contributed by atoms with Crippen LogP contribution in [0.25, 0.3) is 0 Å². The lowest BCUT2D eigenvalue weighted by atomic mass is 9.88. The van der Waals surface area contributed by atoms with Gasteiger partial charge < -0.3 is 4.74 Å². The Morgan fingerprint density at radius 1 is 0.909 bits per heavy atom. The first-order valence-corrected chi connectivity index (χ1v) is 5.51. The molecular formula is C10H10F10O2. The molecule has 0 spiro atoms. The molecule has 0 saturated heterocycles. The van der Waals surface area contributed by atoms with Crippen molar-refractivity contribution >= 4 is 5.97 Å². The summed E-state index contributed by atoms with van der Waals surface area (Å²) in [5, 5.41) is 0. The van der Waals surface area contributed by atoms with Crippen molar-refractivity contribution in [2.75, 3.05) is 0 Å². The van der Waals surface area contributed by atoms with Gasteiger partial charge in [0.2, 0.25) is 0 Å². The molecule has 0 heterocycles. The molecular weight excluding hydrogens is 342 g/mol. The van der Waals surface area contributed by atoms with Crippen LogP contribution < -0.4 is 0 Å². The van der Waals surface area contributed by atoms with Crippen LogP contribution in [0.15, 0.2) is 0 Å². The second-order valence-electron chi connectivity index (χ2n) is 4.51. The van der Waals surface area contributed by atoms with Crippen LogP contribution in [-0.2, 0) is 9.53 Å². The van der Waals surface area contributed by atoms with Gasteiger partial charge in [-0.3, -0.25) is 4.79 Å². The highest BCUT2D eigenvalue weighted by Gasteiger charge is 2.71. The molecule has 0 aliphatic heterocycles. The third kappa shape index (κ3) is 4.90. The minimum absolute atomic E-state index is 0.138. The first kappa shape index (κ1) is 20.8. The van der Waals surface area contributed by atoms with Crippen molar-refractivity contribution in [3.8, 4) is 0 Å². The summed E-state index contributed by atoms with van der Waals surface area (Å²) in [5.41, 5.74) is 0. The minimum atomic E-state index is -6.08. The van der Waals surface area contributed by atoms with Gasteiger partial charge in [-0.05, 0) is 6.42 Å². The normalized spacial score (nSPS) is 17.1. The Morgan fingerprint density at radius 2 is 1.32 bits per heavy atom. The van der Waals surface area contributed by atoms with Crippen LogP contribution in [0.5, 0.6) is 0 Å². The van der Waals surface area contributed by atoms with Gasteiger partial charge >= 0.3 is 30.4 Å². The Hall–Kier alpha value is -1.23. The fourth-order valence-electron chi connectivity index (χ4n) is 1.43. The van der Waals surface area contributed by atoms with Gasteiger partial charge in [0.15, 0.2) is 0 Å². The highest BCUT2D eigenvalue weighted by molar-refractivity contribution is 5.66. The summed E-state index contributed by atoms with van der Waals surface area (Å²) in [6.45, 7) is 0.365. The lowest BCUT2D eigenvalue weighted by molar-refractivity contribution is -0.378. The number of hydrogen-bond acceptors (Lipinski definition) is 2. The maximum atomic E-state index is 13.4. The van der Waals surface area contributed by atoms with Crippen LogP contribution in [0.2, 0.25) is 0 Å². The summed E-state index contributed by atoms with van der Waals surface area (Å²) in [5.74, 6) is -15.4. The number of halogens is 10. The minimum Gasteiger partial charge on any atom is -0.396 e. The molecule has 0 N–H and O–H groups in total. The van der Waals surface area contributed by atoms with Gasteiger partial charge in [-0.1, -0.05) is 6.92 Å². The van der Waals surface area contributed by atoms with Crippen molar-refractivity contribution in [3.63, 3.8) is 0 Å². The van der Waals surface area contributed by atoms with Crippen molar-refractivity contribution in [2.45, 2.75) is 44.7 Å². The Morgan fingerprint density at radius 3 is 1.59 bits per heavy atom. The number of carbonyl (C=O) groups excluding carboxylic acids is 1. The summed E-state index contributed by atoms with van der Waals surface area (Å²) in [4.78, 5) is 10.3. The van der Waals surface area contributed by atoms with Gasteiger partial charge in [-0.15, -0.1) is 0 Å². The molecule has 12 heteroatoms. The zero-order valence-corrected chi connectivity index (χ0v) is 11.0.